The van der Waals surface area contributed by atoms with Gasteiger partial charge in [0.25, 0.3) is 5.91 Å². The van der Waals surface area contributed by atoms with Crippen LogP contribution in [0.5, 0.6) is 11.5 Å². The third-order valence-corrected chi connectivity index (χ3v) is 4.85. The number of carbonyl (C=O) groups excluding carboxylic acids is 1. The Morgan fingerprint density at radius 2 is 1.83 bits per heavy atom. The van der Waals surface area contributed by atoms with Crippen molar-refractivity contribution >= 4 is 11.9 Å². The van der Waals surface area contributed by atoms with E-state index in [1.165, 1.54) is 12.0 Å². The van der Waals surface area contributed by atoms with E-state index in [1.54, 1.807) is 18.2 Å². The summed E-state index contributed by atoms with van der Waals surface area (Å²) < 4.78 is 16.6. The van der Waals surface area contributed by atoms with E-state index in [0.29, 0.717) is 49.7 Å². The molecule has 0 atom stereocenters. The number of amides is 1. The smallest absolute Gasteiger partial charge is 0.323 e. The van der Waals surface area contributed by atoms with Gasteiger partial charge in [-0.2, -0.15) is 0 Å². The zero-order chi connectivity index (χ0) is 20.6. The molecule has 154 valence electrons. The Hall–Kier alpha value is -3.06. The van der Waals surface area contributed by atoms with Crippen LogP contribution >= 0.6 is 0 Å². The van der Waals surface area contributed by atoms with Crippen molar-refractivity contribution in [3.8, 4) is 11.5 Å². The second-order valence-electron chi connectivity index (χ2n) is 6.81. The highest BCUT2D eigenvalue weighted by Crippen LogP contribution is 2.30. The number of nitrogens with zero attached hydrogens (tertiary/aromatic N) is 1. The predicted octanol–water partition coefficient (Wildman–Crippen LogP) is 2.98. The fourth-order valence-corrected chi connectivity index (χ4v) is 3.33. The highest BCUT2D eigenvalue weighted by atomic mass is 16.5. The normalized spacial score (nSPS) is 14.2. The molecule has 1 amide bonds. The first kappa shape index (κ1) is 20.7. The summed E-state index contributed by atoms with van der Waals surface area (Å²) in [5.74, 6) is -0.440. The molecular weight excluding hydrogens is 374 g/mol. The minimum Gasteiger partial charge on any atom is -0.493 e. The van der Waals surface area contributed by atoms with E-state index in [1.807, 2.05) is 30.3 Å². The topological polar surface area (TPSA) is 85.3 Å². The van der Waals surface area contributed by atoms with E-state index in [4.69, 9.17) is 14.2 Å². The number of rotatable bonds is 8. The number of carboxylic acids is 1. The summed E-state index contributed by atoms with van der Waals surface area (Å²) in [4.78, 5) is 25.8. The van der Waals surface area contributed by atoms with Crippen LogP contribution in [0, 0.1) is 0 Å². The monoisotopic (exact) mass is 399 g/mol. The van der Waals surface area contributed by atoms with Gasteiger partial charge in [0.1, 0.15) is 13.2 Å². The lowest BCUT2D eigenvalue weighted by Crippen LogP contribution is -2.46. The standard InChI is InChI=1S/C22H25NO6/c1-27-20-13-17(7-8-19(20)29-15-16-5-3-2-4-6-16)22(26)23(14-21(24)25)18-9-11-28-12-10-18/h2-8,13,18H,9-12,14-15H2,1H3,(H,24,25). The Kier molecular flexibility index (Phi) is 7.08. The summed E-state index contributed by atoms with van der Waals surface area (Å²) in [7, 11) is 1.51. The van der Waals surface area contributed by atoms with Crippen molar-refractivity contribution in [3.05, 3.63) is 59.7 Å². The lowest BCUT2D eigenvalue weighted by atomic mass is 10.0. The number of carbonyl (C=O) groups is 2. The first-order valence-corrected chi connectivity index (χ1v) is 9.53. The predicted molar refractivity (Wildman–Crippen MR) is 106 cm³/mol. The van der Waals surface area contributed by atoms with Gasteiger partial charge in [-0.25, -0.2) is 0 Å². The number of hydrogen-bond acceptors (Lipinski definition) is 5. The van der Waals surface area contributed by atoms with Crippen molar-refractivity contribution in [2.24, 2.45) is 0 Å². The third-order valence-electron chi connectivity index (χ3n) is 4.85. The van der Waals surface area contributed by atoms with E-state index < -0.39 is 5.97 Å². The Bertz CT molecular complexity index is 832. The molecule has 0 saturated carbocycles. The van der Waals surface area contributed by atoms with E-state index in [9.17, 15) is 14.7 Å². The highest BCUT2D eigenvalue weighted by Gasteiger charge is 2.29. The molecule has 1 aliphatic heterocycles. The van der Waals surface area contributed by atoms with Crippen LogP contribution in [0.25, 0.3) is 0 Å². The lowest BCUT2D eigenvalue weighted by molar-refractivity contribution is -0.138. The summed E-state index contributed by atoms with van der Waals surface area (Å²) in [6.07, 6.45) is 1.24. The van der Waals surface area contributed by atoms with Gasteiger partial charge in [0, 0.05) is 24.8 Å². The SMILES string of the molecule is COc1cc(C(=O)N(CC(=O)O)C2CCOCC2)ccc1OCc1ccccc1. The Labute approximate surface area is 169 Å². The summed E-state index contributed by atoms with van der Waals surface area (Å²) in [5.41, 5.74) is 1.38. The van der Waals surface area contributed by atoms with Crippen LogP contribution in [0.2, 0.25) is 0 Å². The van der Waals surface area contributed by atoms with E-state index in [2.05, 4.69) is 0 Å². The second-order valence-corrected chi connectivity index (χ2v) is 6.81. The fourth-order valence-electron chi connectivity index (χ4n) is 3.33. The highest BCUT2D eigenvalue weighted by molar-refractivity contribution is 5.96. The molecule has 7 nitrogen and oxygen atoms in total. The van der Waals surface area contributed by atoms with Gasteiger partial charge in [0.2, 0.25) is 0 Å². The summed E-state index contributed by atoms with van der Waals surface area (Å²) >= 11 is 0. The second kappa shape index (κ2) is 9.93. The molecular formula is C22H25NO6. The van der Waals surface area contributed by atoms with Crippen molar-refractivity contribution in [1.82, 2.24) is 4.90 Å². The molecule has 3 rings (SSSR count). The number of ether oxygens (including phenoxy) is 3. The quantitative estimate of drug-likeness (QED) is 0.735. The average molecular weight is 399 g/mol. The van der Waals surface area contributed by atoms with E-state index in [-0.39, 0.29) is 18.5 Å². The van der Waals surface area contributed by atoms with E-state index >= 15 is 0 Å². The van der Waals surface area contributed by atoms with Crippen LogP contribution in [0.15, 0.2) is 48.5 Å². The molecule has 1 aliphatic rings. The minimum absolute atomic E-state index is 0.160. The molecule has 0 radical (unpaired) electrons. The lowest BCUT2D eigenvalue weighted by Gasteiger charge is -2.33. The van der Waals surface area contributed by atoms with Gasteiger partial charge < -0.3 is 24.2 Å². The Morgan fingerprint density at radius 1 is 1.10 bits per heavy atom. The van der Waals surface area contributed by atoms with Gasteiger partial charge in [-0.05, 0) is 36.6 Å². The third kappa shape index (κ3) is 5.48. The maximum absolute atomic E-state index is 13.1. The molecule has 0 aliphatic carbocycles. The van der Waals surface area contributed by atoms with Crippen LogP contribution < -0.4 is 9.47 Å². The van der Waals surface area contributed by atoms with Gasteiger partial charge >= 0.3 is 5.97 Å². The first-order valence-electron chi connectivity index (χ1n) is 9.53. The molecule has 1 heterocycles. The van der Waals surface area contributed by atoms with Crippen LogP contribution in [0.4, 0.5) is 0 Å². The summed E-state index contributed by atoms with van der Waals surface area (Å²) in [5, 5.41) is 9.26. The van der Waals surface area contributed by atoms with Crippen LogP contribution in [0.1, 0.15) is 28.8 Å². The number of aliphatic carboxylic acids is 1. The number of benzene rings is 2. The molecule has 0 aromatic heterocycles. The van der Waals surface area contributed by atoms with Crippen molar-refractivity contribution in [1.29, 1.82) is 0 Å². The van der Waals surface area contributed by atoms with Crippen molar-refractivity contribution in [2.75, 3.05) is 26.9 Å². The molecule has 0 bridgehead atoms. The van der Waals surface area contributed by atoms with Gasteiger partial charge in [0.15, 0.2) is 11.5 Å². The molecule has 0 unspecified atom stereocenters. The molecule has 29 heavy (non-hydrogen) atoms. The average Bonchev–Trinajstić information content (AvgIpc) is 2.76. The largest absolute Gasteiger partial charge is 0.493 e. The fraction of sp³-hybridized carbons (Fsp3) is 0.364. The van der Waals surface area contributed by atoms with Gasteiger partial charge in [-0.15, -0.1) is 0 Å². The minimum atomic E-state index is -1.04. The molecule has 1 fully saturated rings. The van der Waals surface area contributed by atoms with Crippen molar-refractivity contribution < 1.29 is 28.9 Å². The van der Waals surface area contributed by atoms with Crippen LogP contribution in [0.3, 0.4) is 0 Å². The van der Waals surface area contributed by atoms with E-state index in [0.717, 1.165) is 5.56 Å². The van der Waals surface area contributed by atoms with Crippen LogP contribution in [-0.4, -0.2) is 54.8 Å². The molecule has 2 aromatic rings. The number of hydrogen-bond donors (Lipinski definition) is 1. The molecule has 1 N–H and O–H groups in total. The Morgan fingerprint density at radius 3 is 2.48 bits per heavy atom. The Balaban J connectivity index is 1.77. The first-order chi connectivity index (χ1) is 14.1. The maximum atomic E-state index is 13.1. The molecule has 1 saturated heterocycles. The number of carboxylic acid groups (broad SMARTS) is 1. The maximum Gasteiger partial charge on any atom is 0.323 e. The molecule has 7 heteroatoms. The number of methoxy groups -OCH3 is 1. The zero-order valence-corrected chi connectivity index (χ0v) is 16.4. The molecule has 2 aromatic carbocycles. The summed E-state index contributed by atoms with van der Waals surface area (Å²) in [6, 6.07) is 14.5. The summed E-state index contributed by atoms with van der Waals surface area (Å²) in [6.45, 7) is 1.06. The van der Waals surface area contributed by atoms with Gasteiger partial charge in [-0.1, -0.05) is 30.3 Å². The van der Waals surface area contributed by atoms with Crippen molar-refractivity contribution in [2.45, 2.75) is 25.5 Å². The van der Waals surface area contributed by atoms with Gasteiger partial charge in [-0.3, -0.25) is 9.59 Å². The molecule has 0 spiro atoms. The zero-order valence-electron chi connectivity index (χ0n) is 16.4. The van der Waals surface area contributed by atoms with Crippen molar-refractivity contribution in [3.63, 3.8) is 0 Å². The van der Waals surface area contributed by atoms with Gasteiger partial charge in [0.05, 0.1) is 7.11 Å². The van der Waals surface area contributed by atoms with Crippen LogP contribution in [-0.2, 0) is 16.1 Å².